The molecule has 2 rings (SSSR count). The number of ether oxygens (including phenoxy) is 1. The summed E-state index contributed by atoms with van der Waals surface area (Å²) in [5.41, 5.74) is -0.516. The largest absolute Gasteiger partial charge is 0.373 e. The maximum absolute atomic E-state index is 12.3. The van der Waals surface area contributed by atoms with Crippen molar-refractivity contribution in [3.05, 3.63) is 22.7 Å². The lowest BCUT2D eigenvalue weighted by Gasteiger charge is -2.25. The third kappa shape index (κ3) is 3.15. The van der Waals surface area contributed by atoms with Gasteiger partial charge in [-0.05, 0) is 40.5 Å². The van der Waals surface area contributed by atoms with Crippen molar-refractivity contribution in [3.8, 4) is 0 Å². The molecule has 0 spiro atoms. The van der Waals surface area contributed by atoms with E-state index in [4.69, 9.17) is 4.74 Å². The third-order valence-corrected chi connectivity index (χ3v) is 3.49. The molecule has 0 aromatic carbocycles. The van der Waals surface area contributed by atoms with Gasteiger partial charge in [0.2, 0.25) is 0 Å². The quantitative estimate of drug-likeness (QED) is 0.908. The number of hydrogen-bond acceptors (Lipinski definition) is 4. The van der Waals surface area contributed by atoms with E-state index < -0.39 is 0 Å². The van der Waals surface area contributed by atoms with Gasteiger partial charge in [-0.1, -0.05) is 0 Å². The molecular weight excluding hydrogens is 242 g/mol. The SMILES string of the molecule is CC1(CNc2nccn(C(C)(C)C)c2=O)CCCO1. The zero-order chi connectivity index (χ0) is 14.1. The van der Waals surface area contributed by atoms with Gasteiger partial charge in [-0.2, -0.15) is 0 Å². The molecule has 0 radical (unpaired) electrons. The summed E-state index contributed by atoms with van der Waals surface area (Å²) in [6.45, 7) is 9.48. The molecule has 1 saturated heterocycles. The monoisotopic (exact) mass is 265 g/mol. The molecule has 1 aromatic heterocycles. The van der Waals surface area contributed by atoms with Crippen LogP contribution in [0.5, 0.6) is 0 Å². The zero-order valence-electron chi connectivity index (χ0n) is 12.2. The highest BCUT2D eigenvalue weighted by atomic mass is 16.5. The van der Waals surface area contributed by atoms with Gasteiger partial charge >= 0.3 is 0 Å². The van der Waals surface area contributed by atoms with Gasteiger partial charge in [0.15, 0.2) is 5.82 Å². The second-order valence-electron chi connectivity index (χ2n) is 6.38. The number of anilines is 1. The molecular formula is C14H23N3O2. The van der Waals surface area contributed by atoms with Crippen LogP contribution < -0.4 is 10.9 Å². The van der Waals surface area contributed by atoms with Gasteiger partial charge in [0.05, 0.1) is 5.60 Å². The van der Waals surface area contributed by atoms with Crippen molar-refractivity contribution in [1.29, 1.82) is 0 Å². The first kappa shape index (κ1) is 14.1. The van der Waals surface area contributed by atoms with Crippen molar-refractivity contribution in [3.63, 3.8) is 0 Å². The molecule has 2 heterocycles. The van der Waals surface area contributed by atoms with Crippen molar-refractivity contribution < 1.29 is 4.74 Å². The van der Waals surface area contributed by atoms with Gasteiger partial charge in [-0.25, -0.2) is 4.98 Å². The van der Waals surface area contributed by atoms with Crippen LogP contribution in [0.15, 0.2) is 17.2 Å². The van der Waals surface area contributed by atoms with E-state index in [0.29, 0.717) is 12.4 Å². The van der Waals surface area contributed by atoms with Gasteiger partial charge in [0, 0.05) is 31.1 Å². The summed E-state index contributed by atoms with van der Waals surface area (Å²) in [4.78, 5) is 16.5. The molecule has 106 valence electrons. The Morgan fingerprint density at radius 1 is 1.53 bits per heavy atom. The van der Waals surface area contributed by atoms with E-state index in [-0.39, 0.29) is 16.7 Å². The van der Waals surface area contributed by atoms with E-state index >= 15 is 0 Å². The highest BCUT2D eigenvalue weighted by Gasteiger charge is 2.30. The second kappa shape index (κ2) is 4.96. The lowest BCUT2D eigenvalue weighted by atomic mass is 10.0. The van der Waals surface area contributed by atoms with E-state index in [0.717, 1.165) is 19.4 Å². The van der Waals surface area contributed by atoms with E-state index in [1.807, 2.05) is 20.8 Å². The summed E-state index contributed by atoms with van der Waals surface area (Å²) >= 11 is 0. The van der Waals surface area contributed by atoms with Gasteiger partial charge in [-0.3, -0.25) is 4.79 Å². The molecule has 1 aliphatic rings. The van der Waals surface area contributed by atoms with Crippen LogP contribution in [0.2, 0.25) is 0 Å². The molecule has 1 fully saturated rings. The predicted octanol–water partition coefficient (Wildman–Crippen LogP) is 1.98. The van der Waals surface area contributed by atoms with Crippen molar-refractivity contribution in [2.24, 2.45) is 0 Å². The normalized spacial score (nSPS) is 23.6. The van der Waals surface area contributed by atoms with Crippen LogP contribution in [-0.2, 0) is 10.3 Å². The molecule has 0 bridgehead atoms. The maximum Gasteiger partial charge on any atom is 0.293 e. The minimum Gasteiger partial charge on any atom is -0.373 e. The Kier molecular flexibility index (Phi) is 3.67. The number of hydrogen-bond donors (Lipinski definition) is 1. The van der Waals surface area contributed by atoms with E-state index in [9.17, 15) is 4.79 Å². The fraction of sp³-hybridized carbons (Fsp3) is 0.714. The Hall–Kier alpha value is -1.36. The molecule has 1 atom stereocenters. The minimum absolute atomic E-state index is 0.0865. The first-order valence-electron chi connectivity index (χ1n) is 6.78. The summed E-state index contributed by atoms with van der Waals surface area (Å²) in [5.74, 6) is 0.397. The number of aromatic nitrogens is 2. The molecule has 0 amide bonds. The molecule has 0 saturated carbocycles. The third-order valence-electron chi connectivity index (χ3n) is 3.49. The fourth-order valence-corrected chi connectivity index (χ4v) is 2.31. The first-order valence-corrected chi connectivity index (χ1v) is 6.78. The Balaban J connectivity index is 2.15. The molecule has 1 aromatic rings. The van der Waals surface area contributed by atoms with Gasteiger partial charge < -0.3 is 14.6 Å². The first-order chi connectivity index (χ1) is 8.82. The summed E-state index contributed by atoms with van der Waals surface area (Å²) in [6.07, 6.45) is 5.47. The smallest absolute Gasteiger partial charge is 0.293 e. The number of nitrogens with zero attached hydrogens (tertiary/aromatic N) is 2. The van der Waals surface area contributed by atoms with Gasteiger partial charge in [-0.15, -0.1) is 0 Å². The lowest BCUT2D eigenvalue weighted by molar-refractivity contribution is 0.0314. The second-order valence-corrected chi connectivity index (χ2v) is 6.38. The summed E-state index contributed by atoms with van der Waals surface area (Å²) in [6, 6.07) is 0. The van der Waals surface area contributed by atoms with Crippen LogP contribution in [0.3, 0.4) is 0 Å². The summed E-state index contributed by atoms with van der Waals surface area (Å²) in [5, 5.41) is 3.14. The van der Waals surface area contributed by atoms with Crippen molar-refractivity contribution in [2.45, 2.75) is 51.7 Å². The average Bonchev–Trinajstić information content (AvgIpc) is 2.74. The molecule has 0 aliphatic carbocycles. The molecule has 1 unspecified atom stereocenters. The summed E-state index contributed by atoms with van der Waals surface area (Å²) < 4.78 is 7.40. The number of nitrogens with one attached hydrogen (secondary N) is 1. The van der Waals surface area contributed by atoms with Crippen LogP contribution >= 0.6 is 0 Å². The Morgan fingerprint density at radius 2 is 2.26 bits per heavy atom. The van der Waals surface area contributed by atoms with Gasteiger partial charge in [0.1, 0.15) is 0 Å². The van der Waals surface area contributed by atoms with Crippen LogP contribution in [0.1, 0.15) is 40.5 Å². The summed E-state index contributed by atoms with van der Waals surface area (Å²) in [7, 11) is 0. The van der Waals surface area contributed by atoms with Crippen LogP contribution in [0.25, 0.3) is 0 Å². The highest BCUT2D eigenvalue weighted by Crippen LogP contribution is 2.24. The van der Waals surface area contributed by atoms with Crippen molar-refractivity contribution in [1.82, 2.24) is 9.55 Å². The Labute approximate surface area is 114 Å². The molecule has 1 aliphatic heterocycles. The van der Waals surface area contributed by atoms with E-state index in [1.54, 1.807) is 17.0 Å². The molecule has 1 N–H and O–H groups in total. The average molecular weight is 265 g/mol. The van der Waals surface area contributed by atoms with Crippen molar-refractivity contribution in [2.75, 3.05) is 18.5 Å². The molecule has 19 heavy (non-hydrogen) atoms. The highest BCUT2D eigenvalue weighted by molar-refractivity contribution is 5.31. The topological polar surface area (TPSA) is 56.2 Å². The fourth-order valence-electron chi connectivity index (χ4n) is 2.31. The number of rotatable bonds is 3. The van der Waals surface area contributed by atoms with E-state index in [1.165, 1.54) is 0 Å². The van der Waals surface area contributed by atoms with Crippen LogP contribution in [0.4, 0.5) is 5.82 Å². The van der Waals surface area contributed by atoms with Gasteiger partial charge in [0.25, 0.3) is 5.56 Å². The molecule has 5 nitrogen and oxygen atoms in total. The maximum atomic E-state index is 12.3. The van der Waals surface area contributed by atoms with Crippen molar-refractivity contribution >= 4 is 5.82 Å². The zero-order valence-corrected chi connectivity index (χ0v) is 12.2. The predicted molar refractivity (Wildman–Crippen MR) is 75.6 cm³/mol. The van der Waals surface area contributed by atoms with Crippen LogP contribution in [0, 0.1) is 0 Å². The van der Waals surface area contributed by atoms with E-state index in [2.05, 4.69) is 17.2 Å². The Morgan fingerprint density at radius 3 is 2.84 bits per heavy atom. The lowest BCUT2D eigenvalue weighted by Crippen LogP contribution is -2.38. The Bertz CT molecular complexity index is 496. The van der Waals surface area contributed by atoms with Crippen LogP contribution in [-0.4, -0.2) is 28.3 Å². The minimum atomic E-state index is -0.246. The molecule has 5 heteroatoms. The standard InChI is InChI=1S/C14H23N3O2/c1-13(2,3)17-8-7-15-11(12(17)18)16-10-14(4)6-5-9-19-14/h7-8H,5-6,9-10H2,1-4H3,(H,15,16).